The van der Waals surface area contributed by atoms with Gasteiger partial charge in [0.1, 0.15) is 0 Å². The second kappa shape index (κ2) is 2.61. The van der Waals surface area contributed by atoms with Crippen LogP contribution in [0, 0.1) is 17.3 Å². The van der Waals surface area contributed by atoms with Crippen LogP contribution in [0.4, 0.5) is 0 Å². The van der Waals surface area contributed by atoms with Crippen LogP contribution in [0.25, 0.3) is 0 Å². The topological polar surface area (TPSA) is 43.1 Å². The summed E-state index contributed by atoms with van der Waals surface area (Å²) in [4.78, 5) is 11.0. The monoisotopic (exact) mass is 167 g/mol. The van der Waals surface area contributed by atoms with Crippen molar-refractivity contribution in [3.05, 3.63) is 11.6 Å². The molecule has 1 aliphatic rings. The molecule has 1 rings (SSSR count). The quantitative estimate of drug-likeness (QED) is 0.625. The van der Waals surface area contributed by atoms with Gasteiger partial charge in [-0.05, 0) is 25.2 Å². The van der Waals surface area contributed by atoms with Crippen LogP contribution in [0.5, 0.6) is 0 Å². The fourth-order valence-corrected chi connectivity index (χ4v) is 1.89. The first kappa shape index (κ1) is 9.30. The van der Waals surface area contributed by atoms with Gasteiger partial charge >= 0.3 is 0 Å². The molecule has 0 heterocycles. The Morgan fingerprint density at radius 1 is 1.42 bits per heavy atom. The van der Waals surface area contributed by atoms with Crippen molar-refractivity contribution in [3.8, 4) is 0 Å². The fraction of sp³-hybridized carbons (Fsp3) is 0.700. The molecule has 0 saturated heterocycles. The van der Waals surface area contributed by atoms with Crippen molar-refractivity contribution >= 4 is 5.91 Å². The van der Waals surface area contributed by atoms with Gasteiger partial charge in [0.2, 0.25) is 5.91 Å². The molecule has 1 aliphatic carbocycles. The van der Waals surface area contributed by atoms with Crippen LogP contribution < -0.4 is 5.73 Å². The summed E-state index contributed by atoms with van der Waals surface area (Å²) in [7, 11) is 0. The highest BCUT2D eigenvalue weighted by atomic mass is 16.1. The van der Waals surface area contributed by atoms with E-state index in [1.165, 1.54) is 5.57 Å². The van der Waals surface area contributed by atoms with E-state index in [2.05, 4.69) is 19.9 Å². The summed E-state index contributed by atoms with van der Waals surface area (Å²) in [5.74, 6) is 0.245. The average molecular weight is 167 g/mol. The van der Waals surface area contributed by atoms with Gasteiger partial charge in [-0.2, -0.15) is 0 Å². The smallest absolute Gasteiger partial charge is 0.221 e. The maximum Gasteiger partial charge on any atom is 0.221 e. The molecule has 0 aromatic heterocycles. The Bertz CT molecular complexity index is 236. The second-order valence-corrected chi connectivity index (χ2v) is 4.47. The Morgan fingerprint density at radius 2 is 1.92 bits per heavy atom. The van der Waals surface area contributed by atoms with Gasteiger partial charge in [-0.25, -0.2) is 0 Å². The lowest BCUT2D eigenvalue weighted by Crippen LogP contribution is -2.16. The normalized spacial score (nSPS) is 31.0. The average Bonchev–Trinajstić information content (AvgIpc) is 2.32. The summed E-state index contributed by atoms with van der Waals surface area (Å²) in [5.41, 5.74) is 6.62. The van der Waals surface area contributed by atoms with Crippen LogP contribution in [-0.2, 0) is 4.79 Å². The summed E-state index contributed by atoms with van der Waals surface area (Å²) < 4.78 is 0. The Labute approximate surface area is 73.8 Å². The molecule has 0 unspecified atom stereocenters. The molecule has 0 aromatic rings. The fourth-order valence-electron chi connectivity index (χ4n) is 1.89. The maximum atomic E-state index is 11.0. The van der Waals surface area contributed by atoms with E-state index in [9.17, 15) is 4.79 Å². The third-order valence-corrected chi connectivity index (χ3v) is 2.73. The van der Waals surface area contributed by atoms with Crippen molar-refractivity contribution in [2.75, 3.05) is 0 Å². The van der Waals surface area contributed by atoms with Gasteiger partial charge in [0.25, 0.3) is 0 Å². The molecular weight excluding hydrogens is 150 g/mol. The van der Waals surface area contributed by atoms with Gasteiger partial charge < -0.3 is 5.73 Å². The number of carbonyl (C=O) groups excluding carboxylic acids is 1. The van der Waals surface area contributed by atoms with Gasteiger partial charge in [0, 0.05) is 0 Å². The lowest BCUT2D eigenvalue weighted by Gasteiger charge is -1.97. The van der Waals surface area contributed by atoms with Crippen molar-refractivity contribution in [2.45, 2.75) is 27.7 Å². The Hall–Kier alpha value is -0.790. The number of nitrogens with two attached hydrogens (primary N) is 1. The summed E-state index contributed by atoms with van der Waals surface area (Å²) in [6.07, 6.45) is 2.15. The van der Waals surface area contributed by atoms with Crippen LogP contribution in [0.1, 0.15) is 27.7 Å². The van der Waals surface area contributed by atoms with E-state index in [-0.39, 0.29) is 17.2 Å². The zero-order valence-corrected chi connectivity index (χ0v) is 8.22. The predicted molar refractivity (Wildman–Crippen MR) is 49.4 cm³/mol. The summed E-state index contributed by atoms with van der Waals surface area (Å²) >= 11 is 0. The number of hydrogen-bond donors (Lipinski definition) is 1. The van der Waals surface area contributed by atoms with E-state index in [4.69, 9.17) is 5.73 Å². The second-order valence-electron chi connectivity index (χ2n) is 4.47. The van der Waals surface area contributed by atoms with Crippen LogP contribution in [0.15, 0.2) is 11.6 Å². The van der Waals surface area contributed by atoms with Gasteiger partial charge in [-0.3, -0.25) is 4.79 Å². The lowest BCUT2D eigenvalue weighted by atomic mass is 10.1. The van der Waals surface area contributed by atoms with Crippen molar-refractivity contribution in [1.29, 1.82) is 0 Å². The first-order valence-electron chi connectivity index (χ1n) is 4.31. The first-order valence-corrected chi connectivity index (χ1v) is 4.31. The summed E-state index contributed by atoms with van der Waals surface area (Å²) in [6, 6.07) is 0. The van der Waals surface area contributed by atoms with E-state index >= 15 is 0 Å². The third-order valence-electron chi connectivity index (χ3n) is 2.73. The van der Waals surface area contributed by atoms with Crippen molar-refractivity contribution in [2.24, 2.45) is 23.0 Å². The molecule has 0 aromatic carbocycles. The molecule has 1 saturated carbocycles. The number of primary amides is 1. The molecule has 1 amide bonds. The summed E-state index contributed by atoms with van der Waals surface area (Å²) in [6.45, 7) is 8.28. The van der Waals surface area contributed by atoms with Gasteiger partial charge in [-0.15, -0.1) is 0 Å². The van der Waals surface area contributed by atoms with E-state index in [1.54, 1.807) is 0 Å². The van der Waals surface area contributed by atoms with Crippen LogP contribution >= 0.6 is 0 Å². The minimum atomic E-state index is -0.164. The first-order chi connectivity index (χ1) is 5.37. The van der Waals surface area contributed by atoms with Crippen molar-refractivity contribution < 1.29 is 4.79 Å². The largest absolute Gasteiger partial charge is 0.369 e. The summed E-state index contributed by atoms with van der Waals surface area (Å²) in [5, 5.41) is 0. The zero-order valence-electron chi connectivity index (χ0n) is 8.22. The van der Waals surface area contributed by atoms with E-state index in [1.807, 2.05) is 13.8 Å². The zero-order chi connectivity index (χ0) is 9.52. The number of hydrogen-bond acceptors (Lipinski definition) is 1. The molecule has 0 spiro atoms. The van der Waals surface area contributed by atoms with Gasteiger partial charge in [-0.1, -0.05) is 25.5 Å². The molecule has 0 bridgehead atoms. The molecule has 2 heteroatoms. The molecule has 2 N–H and O–H groups in total. The molecular formula is C10H17NO. The highest BCUT2D eigenvalue weighted by molar-refractivity contribution is 5.81. The Kier molecular flexibility index (Phi) is 2.02. The van der Waals surface area contributed by atoms with E-state index < -0.39 is 0 Å². The molecule has 1 fully saturated rings. The third kappa shape index (κ3) is 1.38. The molecule has 0 radical (unpaired) electrons. The standard InChI is InChI=1S/C10H17NO/c1-6(2)5-7-8(9(11)12)10(7,3)4/h5,7-8H,1-4H3,(H2,11,12)/t7-,8+/m1/s1. The highest BCUT2D eigenvalue weighted by Gasteiger charge is 2.59. The number of carbonyl (C=O) groups is 1. The van der Waals surface area contributed by atoms with E-state index in [0.717, 1.165) is 0 Å². The van der Waals surface area contributed by atoms with Crippen LogP contribution in [-0.4, -0.2) is 5.91 Å². The highest BCUT2D eigenvalue weighted by Crippen LogP contribution is 2.58. The van der Waals surface area contributed by atoms with Crippen LogP contribution in [0.3, 0.4) is 0 Å². The number of rotatable bonds is 2. The molecule has 68 valence electrons. The molecule has 12 heavy (non-hydrogen) atoms. The van der Waals surface area contributed by atoms with E-state index in [0.29, 0.717) is 5.92 Å². The minimum absolute atomic E-state index is 0.0485. The maximum absolute atomic E-state index is 11.0. The van der Waals surface area contributed by atoms with Crippen molar-refractivity contribution in [3.63, 3.8) is 0 Å². The lowest BCUT2D eigenvalue weighted by molar-refractivity contribution is -0.119. The SMILES string of the molecule is CC(C)=C[C@@H]1[C@@H](C(N)=O)C1(C)C. The molecule has 2 nitrogen and oxygen atoms in total. The van der Waals surface area contributed by atoms with Gasteiger partial charge in [0.05, 0.1) is 5.92 Å². The minimum Gasteiger partial charge on any atom is -0.369 e. The predicted octanol–water partition coefficient (Wildman–Crippen LogP) is 1.71. The van der Waals surface area contributed by atoms with Crippen LogP contribution in [0.2, 0.25) is 0 Å². The van der Waals surface area contributed by atoms with Crippen molar-refractivity contribution in [1.82, 2.24) is 0 Å². The Morgan fingerprint density at radius 3 is 2.17 bits per heavy atom. The molecule has 0 aliphatic heterocycles. The number of allylic oxidation sites excluding steroid dienone is 2. The van der Waals surface area contributed by atoms with Gasteiger partial charge in [0.15, 0.2) is 0 Å². The Balaban J connectivity index is 2.73. The molecule has 2 atom stereocenters. The number of amides is 1.